The number of benzene rings is 2. The van der Waals surface area contributed by atoms with E-state index in [1.54, 1.807) is 23.1 Å². The van der Waals surface area contributed by atoms with Crippen LogP contribution >= 0.6 is 11.6 Å². The van der Waals surface area contributed by atoms with Crippen molar-refractivity contribution in [3.8, 4) is 0 Å². The van der Waals surface area contributed by atoms with Gasteiger partial charge in [-0.25, -0.2) is 8.42 Å². The Morgan fingerprint density at radius 1 is 1.15 bits per heavy atom. The summed E-state index contributed by atoms with van der Waals surface area (Å²) in [4.78, 5) is 14.2. The predicted molar refractivity (Wildman–Crippen MR) is 107 cm³/mol. The minimum absolute atomic E-state index is 0.0441. The molecule has 0 atom stereocenters. The normalized spacial score (nSPS) is 15.6. The molecule has 1 heterocycles. The van der Waals surface area contributed by atoms with Gasteiger partial charge in [0.25, 0.3) is 15.9 Å². The summed E-state index contributed by atoms with van der Waals surface area (Å²) >= 11 is 6.15. The van der Waals surface area contributed by atoms with Crippen molar-refractivity contribution in [3.05, 3.63) is 58.6 Å². The summed E-state index contributed by atoms with van der Waals surface area (Å²) < 4.78 is 39.4. The third-order valence-corrected chi connectivity index (χ3v) is 7.20. The fourth-order valence-electron chi connectivity index (χ4n) is 2.77. The summed E-state index contributed by atoms with van der Waals surface area (Å²) in [6.45, 7) is 2.59. The monoisotopic (exact) mass is 426 g/mol. The number of nitrogens with one attached hydrogen (secondary N) is 1. The Labute approximate surface area is 166 Å². The molecule has 0 aromatic heterocycles. The number of aryl methyl sites for hydroxylation is 1. The van der Waals surface area contributed by atoms with Gasteiger partial charge < -0.3 is 4.90 Å². The highest BCUT2D eigenvalue weighted by molar-refractivity contribution is 7.92. The topological polar surface area (TPSA) is 83.6 Å². The number of rotatable bonds is 4. The van der Waals surface area contributed by atoms with Gasteiger partial charge >= 0.3 is 0 Å². The van der Waals surface area contributed by atoms with Crippen LogP contribution in [-0.2, 0) is 20.8 Å². The van der Waals surface area contributed by atoms with Crippen LogP contribution in [0.15, 0.2) is 47.4 Å². The lowest BCUT2D eigenvalue weighted by Gasteiger charge is -2.26. The molecule has 1 fully saturated rings. The molecule has 6 nitrogen and oxygen atoms in total. The van der Waals surface area contributed by atoms with Crippen molar-refractivity contribution in [2.24, 2.45) is 0 Å². The van der Waals surface area contributed by atoms with E-state index in [0.717, 1.165) is 5.56 Å². The maximum absolute atomic E-state index is 12.7. The van der Waals surface area contributed by atoms with E-state index >= 15 is 0 Å². The fourth-order valence-corrected chi connectivity index (χ4v) is 5.10. The van der Waals surface area contributed by atoms with Gasteiger partial charge in [0.2, 0.25) is 0 Å². The van der Waals surface area contributed by atoms with Crippen molar-refractivity contribution in [3.63, 3.8) is 0 Å². The lowest BCUT2D eigenvalue weighted by molar-refractivity contribution is 0.0771. The van der Waals surface area contributed by atoms with E-state index < -0.39 is 20.8 Å². The molecule has 1 N–H and O–H groups in total. The highest BCUT2D eigenvalue weighted by Gasteiger charge is 2.25. The lowest BCUT2D eigenvalue weighted by Crippen LogP contribution is -2.41. The average molecular weight is 427 g/mol. The number of anilines is 1. The third-order valence-electron chi connectivity index (χ3n) is 4.21. The summed E-state index contributed by atoms with van der Waals surface area (Å²) in [6, 6.07) is 11.0. The van der Waals surface area contributed by atoms with Gasteiger partial charge in [0, 0.05) is 41.1 Å². The highest BCUT2D eigenvalue weighted by Crippen LogP contribution is 2.24. The van der Waals surface area contributed by atoms with E-state index in [4.69, 9.17) is 11.6 Å². The number of hydrogen-bond acceptors (Lipinski definition) is 4. The Bertz CT molecular complexity index is 998. The number of hydrogen-bond donors (Lipinski definition) is 1. The van der Waals surface area contributed by atoms with E-state index in [9.17, 15) is 17.4 Å². The standard InChI is InChI=1S/C18H19ClN2O4S2/c1-13-3-2-4-14(11-13)20-27(24,25)15-5-6-17(19)16(12-15)18(22)21-7-9-26(23)10-8-21/h2-6,11-12,20H,7-10H2,1H3. The molecule has 2 aromatic carbocycles. The summed E-state index contributed by atoms with van der Waals surface area (Å²) in [6.07, 6.45) is 0. The van der Waals surface area contributed by atoms with Crippen molar-refractivity contribution < 1.29 is 17.4 Å². The maximum atomic E-state index is 12.7. The van der Waals surface area contributed by atoms with Crippen LogP contribution in [0, 0.1) is 6.92 Å². The van der Waals surface area contributed by atoms with Crippen LogP contribution in [-0.4, -0.2) is 48.0 Å². The zero-order valence-corrected chi connectivity index (χ0v) is 17.0. The maximum Gasteiger partial charge on any atom is 0.261 e. The second-order valence-corrected chi connectivity index (χ2v) is 10.0. The Kier molecular flexibility index (Phi) is 5.88. The average Bonchev–Trinajstić information content (AvgIpc) is 2.61. The zero-order valence-electron chi connectivity index (χ0n) is 14.6. The minimum Gasteiger partial charge on any atom is -0.337 e. The van der Waals surface area contributed by atoms with Crippen molar-refractivity contribution in [1.29, 1.82) is 0 Å². The number of sulfonamides is 1. The fraction of sp³-hybridized carbons (Fsp3) is 0.278. The molecular formula is C18H19ClN2O4S2. The molecule has 27 heavy (non-hydrogen) atoms. The van der Waals surface area contributed by atoms with E-state index in [-0.39, 0.29) is 21.4 Å². The number of halogens is 1. The molecule has 1 aliphatic rings. The first kappa shape index (κ1) is 19.9. The molecule has 2 aromatic rings. The van der Waals surface area contributed by atoms with Gasteiger partial charge in [0.15, 0.2) is 0 Å². The largest absolute Gasteiger partial charge is 0.337 e. The van der Waals surface area contributed by atoms with Crippen molar-refractivity contribution in [2.75, 3.05) is 29.3 Å². The minimum atomic E-state index is -3.87. The molecular weight excluding hydrogens is 408 g/mol. The Morgan fingerprint density at radius 3 is 2.52 bits per heavy atom. The third kappa shape index (κ3) is 4.69. The van der Waals surface area contributed by atoms with Crippen LogP contribution in [0.1, 0.15) is 15.9 Å². The van der Waals surface area contributed by atoms with Crippen LogP contribution in [0.5, 0.6) is 0 Å². The molecule has 0 saturated carbocycles. The molecule has 1 saturated heterocycles. The molecule has 0 spiro atoms. The van der Waals surface area contributed by atoms with Gasteiger partial charge in [-0.1, -0.05) is 23.7 Å². The Hall–Kier alpha value is -1.90. The van der Waals surface area contributed by atoms with E-state index in [0.29, 0.717) is 30.3 Å². The first-order valence-corrected chi connectivity index (χ1v) is 11.6. The number of carbonyl (C=O) groups excluding carboxylic acids is 1. The molecule has 9 heteroatoms. The quantitative estimate of drug-likeness (QED) is 0.814. The number of carbonyl (C=O) groups is 1. The van der Waals surface area contributed by atoms with Gasteiger partial charge in [-0.2, -0.15) is 0 Å². The zero-order chi connectivity index (χ0) is 19.6. The molecule has 0 aliphatic carbocycles. The summed E-state index contributed by atoms with van der Waals surface area (Å²) in [5.41, 5.74) is 1.48. The lowest BCUT2D eigenvalue weighted by atomic mass is 10.2. The molecule has 1 amide bonds. The second kappa shape index (κ2) is 8.00. The van der Waals surface area contributed by atoms with Crippen LogP contribution in [0.25, 0.3) is 0 Å². The first-order chi connectivity index (χ1) is 12.8. The van der Waals surface area contributed by atoms with Crippen LogP contribution in [0.2, 0.25) is 5.02 Å². The van der Waals surface area contributed by atoms with Crippen molar-refractivity contribution in [2.45, 2.75) is 11.8 Å². The van der Waals surface area contributed by atoms with Gasteiger partial charge in [-0.05, 0) is 42.8 Å². The summed E-state index contributed by atoms with van der Waals surface area (Å²) in [5.74, 6) is 0.469. The molecule has 144 valence electrons. The van der Waals surface area contributed by atoms with E-state index in [1.165, 1.54) is 18.2 Å². The highest BCUT2D eigenvalue weighted by atomic mass is 35.5. The number of nitrogens with zero attached hydrogens (tertiary/aromatic N) is 1. The van der Waals surface area contributed by atoms with Gasteiger partial charge in [0.05, 0.1) is 15.5 Å². The summed E-state index contributed by atoms with van der Waals surface area (Å²) in [7, 11) is -4.79. The molecule has 0 bridgehead atoms. The molecule has 0 unspecified atom stereocenters. The Balaban J connectivity index is 1.88. The van der Waals surface area contributed by atoms with Crippen molar-refractivity contribution in [1.82, 2.24) is 4.90 Å². The van der Waals surface area contributed by atoms with Gasteiger partial charge in [-0.3, -0.25) is 13.7 Å². The van der Waals surface area contributed by atoms with Crippen molar-refractivity contribution >= 4 is 44.0 Å². The first-order valence-electron chi connectivity index (χ1n) is 8.29. The SMILES string of the molecule is Cc1cccc(NS(=O)(=O)c2ccc(Cl)c(C(=O)N3CCS(=O)CC3)c2)c1. The Morgan fingerprint density at radius 2 is 1.85 bits per heavy atom. The smallest absolute Gasteiger partial charge is 0.261 e. The van der Waals surface area contributed by atoms with Gasteiger partial charge in [0.1, 0.15) is 0 Å². The molecule has 1 aliphatic heterocycles. The predicted octanol–water partition coefficient (Wildman–Crippen LogP) is 2.65. The molecule has 0 radical (unpaired) electrons. The van der Waals surface area contributed by atoms with Crippen LogP contribution in [0.4, 0.5) is 5.69 Å². The van der Waals surface area contributed by atoms with Crippen LogP contribution in [0.3, 0.4) is 0 Å². The van der Waals surface area contributed by atoms with Gasteiger partial charge in [-0.15, -0.1) is 0 Å². The van der Waals surface area contributed by atoms with E-state index in [1.807, 2.05) is 13.0 Å². The number of amides is 1. The van der Waals surface area contributed by atoms with E-state index in [2.05, 4.69) is 4.72 Å². The summed E-state index contributed by atoms with van der Waals surface area (Å²) in [5, 5.41) is 0.182. The molecule has 3 rings (SSSR count). The second-order valence-electron chi connectivity index (χ2n) is 6.26. The van der Waals surface area contributed by atoms with Crippen LogP contribution < -0.4 is 4.72 Å².